The van der Waals surface area contributed by atoms with Crippen molar-refractivity contribution in [3.05, 3.63) is 122 Å². The van der Waals surface area contributed by atoms with Gasteiger partial charge in [0.2, 0.25) is 0 Å². The first-order valence-electron chi connectivity index (χ1n) is 15.4. The molecule has 3 atom stereocenters. The largest absolute Gasteiger partial charge is 0.496 e. The standard InChI is InChI=1S/C36H36N2O9/c1-5-45-35(40)30-21(3)37-26-19-25(22-12-8-7-9-13-22)32(36(41)46-6-2)34(39)33(26)31(30)23-16-17-28(44-4)24(18-23)20-47-29-15-11-10-14-27(29)38(42)43/h7-18,25,31-32,37H,5-6,19-20H2,1-4H3/t25-,31-,32+/m0/s1. The summed E-state index contributed by atoms with van der Waals surface area (Å²) < 4.78 is 22.4. The summed E-state index contributed by atoms with van der Waals surface area (Å²) >= 11 is 0. The molecule has 2 aliphatic rings. The van der Waals surface area contributed by atoms with Crippen LogP contribution in [0.2, 0.25) is 0 Å². The zero-order valence-corrected chi connectivity index (χ0v) is 26.6. The van der Waals surface area contributed by atoms with Crippen LogP contribution in [0.1, 0.15) is 55.7 Å². The average Bonchev–Trinajstić information content (AvgIpc) is 3.07. The fraction of sp³-hybridized carbons (Fsp3) is 0.306. The number of benzene rings is 3. The molecule has 1 aliphatic carbocycles. The molecule has 0 saturated heterocycles. The Morgan fingerprint density at radius 2 is 1.64 bits per heavy atom. The molecule has 1 aliphatic heterocycles. The highest BCUT2D eigenvalue weighted by Crippen LogP contribution is 2.48. The van der Waals surface area contributed by atoms with E-state index in [2.05, 4.69) is 5.32 Å². The number of carbonyl (C=O) groups is 3. The van der Waals surface area contributed by atoms with Gasteiger partial charge in [0.15, 0.2) is 11.5 Å². The van der Waals surface area contributed by atoms with Gasteiger partial charge in [-0.3, -0.25) is 19.7 Å². The van der Waals surface area contributed by atoms with E-state index in [4.69, 9.17) is 18.9 Å². The number of rotatable bonds is 11. The molecule has 0 radical (unpaired) electrons. The lowest BCUT2D eigenvalue weighted by Gasteiger charge is -2.39. The van der Waals surface area contributed by atoms with Gasteiger partial charge in [0, 0.05) is 40.4 Å². The number of para-hydroxylation sites is 2. The highest BCUT2D eigenvalue weighted by molar-refractivity contribution is 6.13. The Hall–Kier alpha value is -5.45. The summed E-state index contributed by atoms with van der Waals surface area (Å²) in [5.74, 6) is -3.69. The van der Waals surface area contributed by atoms with E-state index < -0.39 is 40.4 Å². The number of nitro benzene ring substituents is 1. The lowest BCUT2D eigenvalue weighted by atomic mass is 9.67. The zero-order chi connectivity index (χ0) is 33.7. The Kier molecular flexibility index (Phi) is 10.0. The summed E-state index contributed by atoms with van der Waals surface area (Å²) in [6, 6.07) is 20.6. The minimum absolute atomic E-state index is 0.0754. The fourth-order valence-corrected chi connectivity index (χ4v) is 6.34. The van der Waals surface area contributed by atoms with Crippen molar-refractivity contribution in [1.82, 2.24) is 5.32 Å². The molecule has 47 heavy (non-hydrogen) atoms. The summed E-state index contributed by atoms with van der Waals surface area (Å²) in [6.07, 6.45) is 0.322. The molecular weight excluding hydrogens is 604 g/mol. The van der Waals surface area contributed by atoms with E-state index >= 15 is 0 Å². The maximum absolute atomic E-state index is 14.6. The molecule has 3 aromatic rings. The topological polar surface area (TPSA) is 143 Å². The maximum atomic E-state index is 14.6. The number of allylic oxidation sites excluding steroid dienone is 3. The molecule has 0 saturated carbocycles. The van der Waals surface area contributed by atoms with E-state index in [1.807, 2.05) is 30.3 Å². The molecule has 244 valence electrons. The van der Waals surface area contributed by atoms with Gasteiger partial charge in [-0.2, -0.15) is 0 Å². The van der Waals surface area contributed by atoms with Gasteiger partial charge in [0.1, 0.15) is 18.3 Å². The number of hydrogen-bond donors (Lipinski definition) is 1. The second-order valence-electron chi connectivity index (χ2n) is 11.1. The van der Waals surface area contributed by atoms with Crippen LogP contribution < -0.4 is 14.8 Å². The SMILES string of the molecule is CCOC(=O)C1=C(C)NC2=C(C(=O)[C@H](C(=O)OCC)[C@H](c3ccccc3)C2)[C@H]1c1ccc(OC)c(COc2ccccc2[N+](=O)[O-])c1. The third-order valence-electron chi connectivity index (χ3n) is 8.37. The molecule has 0 bridgehead atoms. The Bertz CT molecular complexity index is 1760. The molecule has 0 aromatic heterocycles. The number of ketones is 1. The van der Waals surface area contributed by atoms with E-state index in [9.17, 15) is 24.5 Å². The first-order chi connectivity index (χ1) is 22.7. The Morgan fingerprint density at radius 1 is 0.936 bits per heavy atom. The van der Waals surface area contributed by atoms with Gasteiger partial charge in [-0.15, -0.1) is 0 Å². The van der Waals surface area contributed by atoms with Crippen LogP contribution in [-0.2, 0) is 30.5 Å². The van der Waals surface area contributed by atoms with Crippen LogP contribution in [-0.4, -0.2) is 43.0 Å². The molecule has 1 heterocycles. The highest BCUT2D eigenvalue weighted by Gasteiger charge is 2.49. The van der Waals surface area contributed by atoms with Crippen LogP contribution in [0, 0.1) is 16.0 Å². The van der Waals surface area contributed by atoms with E-state index in [1.165, 1.54) is 19.2 Å². The smallest absolute Gasteiger partial charge is 0.336 e. The maximum Gasteiger partial charge on any atom is 0.336 e. The molecule has 0 unspecified atom stereocenters. The van der Waals surface area contributed by atoms with E-state index in [1.54, 1.807) is 51.1 Å². The molecule has 0 fully saturated rings. The third kappa shape index (κ3) is 6.60. The van der Waals surface area contributed by atoms with Crippen LogP contribution in [0.4, 0.5) is 5.69 Å². The number of esters is 2. The number of methoxy groups -OCH3 is 1. The normalized spacial score (nSPS) is 19.0. The van der Waals surface area contributed by atoms with Crippen molar-refractivity contribution in [3.63, 3.8) is 0 Å². The monoisotopic (exact) mass is 640 g/mol. The van der Waals surface area contributed by atoms with E-state index in [0.29, 0.717) is 34.7 Å². The number of carbonyl (C=O) groups excluding carboxylic acids is 3. The Balaban J connectivity index is 1.64. The van der Waals surface area contributed by atoms with Crippen LogP contribution >= 0.6 is 0 Å². The molecule has 0 amide bonds. The van der Waals surface area contributed by atoms with Gasteiger partial charge in [-0.05, 0) is 56.5 Å². The number of nitrogens with one attached hydrogen (secondary N) is 1. The molecule has 0 spiro atoms. The quantitative estimate of drug-likeness (QED) is 0.117. The molecule has 11 nitrogen and oxygen atoms in total. The Morgan fingerprint density at radius 3 is 2.32 bits per heavy atom. The lowest BCUT2D eigenvalue weighted by molar-refractivity contribution is -0.385. The second kappa shape index (κ2) is 14.3. The van der Waals surface area contributed by atoms with Crippen molar-refractivity contribution in [2.75, 3.05) is 20.3 Å². The first kappa shape index (κ1) is 32.9. The van der Waals surface area contributed by atoms with Gasteiger partial charge >= 0.3 is 17.6 Å². The van der Waals surface area contributed by atoms with Crippen molar-refractivity contribution in [1.29, 1.82) is 0 Å². The van der Waals surface area contributed by atoms with Crippen molar-refractivity contribution in [2.45, 2.75) is 45.6 Å². The summed E-state index contributed by atoms with van der Waals surface area (Å²) in [7, 11) is 1.49. The van der Waals surface area contributed by atoms with E-state index in [-0.39, 0.29) is 42.4 Å². The summed E-state index contributed by atoms with van der Waals surface area (Å²) in [6.45, 7) is 5.25. The van der Waals surface area contributed by atoms with E-state index in [0.717, 1.165) is 5.56 Å². The molecular formula is C36H36N2O9. The fourth-order valence-electron chi connectivity index (χ4n) is 6.34. The average molecular weight is 641 g/mol. The van der Waals surface area contributed by atoms with Gasteiger partial charge in [0.25, 0.3) is 0 Å². The van der Waals surface area contributed by atoms with Crippen molar-refractivity contribution in [2.24, 2.45) is 5.92 Å². The minimum atomic E-state index is -1.14. The predicted octanol–water partition coefficient (Wildman–Crippen LogP) is 5.90. The zero-order valence-electron chi connectivity index (χ0n) is 26.6. The molecule has 1 N–H and O–H groups in total. The molecule has 11 heteroatoms. The number of nitrogens with zero attached hydrogens (tertiary/aromatic N) is 1. The van der Waals surface area contributed by atoms with Crippen LogP contribution in [0.3, 0.4) is 0 Å². The number of Topliss-reactive ketones (excluding diaryl/α,β-unsaturated/α-hetero) is 1. The number of ether oxygens (including phenoxy) is 4. The summed E-state index contributed by atoms with van der Waals surface area (Å²) in [5.41, 5.74) is 3.35. The Labute approximate surface area is 272 Å². The van der Waals surface area contributed by atoms with Crippen LogP contribution in [0.15, 0.2) is 95.3 Å². The van der Waals surface area contributed by atoms with Gasteiger partial charge in [0.05, 0.1) is 30.8 Å². The second-order valence-corrected chi connectivity index (χ2v) is 11.1. The van der Waals surface area contributed by atoms with Crippen LogP contribution in [0.25, 0.3) is 0 Å². The first-order valence-corrected chi connectivity index (χ1v) is 15.4. The van der Waals surface area contributed by atoms with Gasteiger partial charge in [-0.25, -0.2) is 4.79 Å². The van der Waals surface area contributed by atoms with Crippen molar-refractivity contribution < 1.29 is 38.3 Å². The summed E-state index contributed by atoms with van der Waals surface area (Å²) in [4.78, 5) is 52.6. The molecule has 5 rings (SSSR count). The predicted molar refractivity (Wildman–Crippen MR) is 172 cm³/mol. The lowest BCUT2D eigenvalue weighted by Crippen LogP contribution is -2.43. The number of dihydropyridines is 1. The molecule has 3 aromatic carbocycles. The third-order valence-corrected chi connectivity index (χ3v) is 8.37. The minimum Gasteiger partial charge on any atom is -0.496 e. The number of hydrogen-bond acceptors (Lipinski definition) is 10. The van der Waals surface area contributed by atoms with Crippen LogP contribution in [0.5, 0.6) is 11.5 Å². The van der Waals surface area contributed by atoms with Gasteiger partial charge < -0.3 is 24.3 Å². The van der Waals surface area contributed by atoms with Crippen molar-refractivity contribution >= 4 is 23.4 Å². The number of nitro groups is 1. The highest BCUT2D eigenvalue weighted by atomic mass is 16.6. The summed E-state index contributed by atoms with van der Waals surface area (Å²) in [5, 5.41) is 14.9. The van der Waals surface area contributed by atoms with Gasteiger partial charge in [-0.1, -0.05) is 48.5 Å². The van der Waals surface area contributed by atoms with Crippen molar-refractivity contribution in [3.8, 4) is 11.5 Å².